The Morgan fingerprint density at radius 3 is 2.58 bits per heavy atom. The lowest BCUT2D eigenvalue weighted by molar-refractivity contribution is -0.124. The topological polar surface area (TPSA) is 95.9 Å². The highest BCUT2D eigenvalue weighted by Crippen LogP contribution is 2.32. The minimum absolute atomic E-state index is 0.120. The van der Waals surface area contributed by atoms with Gasteiger partial charge in [-0.15, -0.1) is 0 Å². The number of guanidine groups is 1. The van der Waals surface area contributed by atoms with Crippen molar-refractivity contribution in [3.63, 3.8) is 0 Å². The van der Waals surface area contributed by atoms with E-state index in [-0.39, 0.29) is 12.7 Å². The molecule has 1 aromatic carbocycles. The van der Waals surface area contributed by atoms with E-state index in [1.165, 1.54) is 0 Å². The highest BCUT2D eigenvalue weighted by molar-refractivity contribution is 5.94. The molecular weight excluding hydrogens is 396 g/mol. The number of hydrogen-bond donors (Lipinski definition) is 3. The Kier molecular flexibility index (Phi) is 8.40. The summed E-state index contributed by atoms with van der Waals surface area (Å²) in [7, 11) is 0. The Labute approximate surface area is 185 Å². The number of unbranched alkanes of at least 4 members (excludes halogenated alkanes) is 3. The standard InChI is InChI=1S/C23H36N4O4/c1-3-5-11-23(12-6-4-2)26-22(24)27(16-31-23)14-8-7-13-25-21(28)18-9-10-19-20(15-18)30-17-29-19/h9-10,15H,3-8,11-14,16-17H2,1-2H3,(H2,24,26)(H,25,28). The van der Waals surface area contributed by atoms with Crippen molar-refractivity contribution in [2.45, 2.75) is 70.9 Å². The molecule has 0 aliphatic carbocycles. The van der Waals surface area contributed by atoms with Crippen LogP contribution in [0.4, 0.5) is 0 Å². The normalized spacial score (nSPS) is 16.8. The summed E-state index contributed by atoms with van der Waals surface area (Å²) in [5.74, 6) is 1.61. The van der Waals surface area contributed by atoms with Crippen molar-refractivity contribution in [1.82, 2.24) is 15.5 Å². The second-order valence-corrected chi connectivity index (χ2v) is 8.24. The molecule has 3 N–H and O–H groups in total. The first kappa shape index (κ1) is 23.2. The minimum Gasteiger partial charge on any atom is -0.454 e. The van der Waals surface area contributed by atoms with Crippen molar-refractivity contribution in [3.8, 4) is 11.5 Å². The summed E-state index contributed by atoms with van der Waals surface area (Å²) in [6.07, 6.45) is 7.99. The molecule has 1 fully saturated rings. The van der Waals surface area contributed by atoms with Gasteiger partial charge < -0.3 is 29.7 Å². The van der Waals surface area contributed by atoms with Crippen molar-refractivity contribution in [2.75, 3.05) is 26.6 Å². The van der Waals surface area contributed by atoms with Crippen LogP contribution in [0.5, 0.6) is 11.5 Å². The van der Waals surface area contributed by atoms with Crippen molar-refractivity contribution < 1.29 is 19.0 Å². The number of fused-ring (bicyclic) bond motifs is 1. The number of benzene rings is 1. The zero-order valence-electron chi connectivity index (χ0n) is 18.8. The van der Waals surface area contributed by atoms with Gasteiger partial charge in [0.25, 0.3) is 5.91 Å². The Morgan fingerprint density at radius 1 is 1.13 bits per heavy atom. The maximum atomic E-state index is 12.3. The van der Waals surface area contributed by atoms with E-state index in [4.69, 9.17) is 19.6 Å². The van der Waals surface area contributed by atoms with E-state index >= 15 is 0 Å². The van der Waals surface area contributed by atoms with Crippen LogP contribution in [-0.4, -0.2) is 49.1 Å². The second-order valence-electron chi connectivity index (χ2n) is 8.24. The maximum Gasteiger partial charge on any atom is 0.251 e. The van der Waals surface area contributed by atoms with Gasteiger partial charge in [0.05, 0.1) is 0 Å². The second kappa shape index (κ2) is 11.2. The third-order valence-electron chi connectivity index (χ3n) is 5.80. The number of rotatable bonds is 12. The van der Waals surface area contributed by atoms with Gasteiger partial charge >= 0.3 is 0 Å². The van der Waals surface area contributed by atoms with Gasteiger partial charge in [-0.2, -0.15) is 0 Å². The number of carbonyl (C=O) groups is 1. The van der Waals surface area contributed by atoms with Gasteiger partial charge in [-0.1, -0.05) is 26.7 Å². The first-order valence-corrected chi connectivity index (χ1v) is 11.5. The van der Waals surface area contributed by atoms with Crippen molar-refractivity contribution >= 4 is 11.9 Å². The molecule has 2 aliphatic rings. The van der Waals surface area contributed by atoms with E-state index in [1.807, 2.05) is 4.90 Å². The fourth-order valence-corrected chi connectivity index (χ4v) is 3.86. The SMILES string of the molecule is CCCCC1(CCCC)NC(=N)N(CCCCNC(=O)c2ccc3c(c2)OCO3)CO1. The highest BCUT2D eigenvalue weighted by Gasteiger charge is 2.36. The summed E-state index contributed by atoms with van der Waals surface area (Å²) in [6, 6.07) is 5.20. The van der Waals surface area contributed by atoms with Gasteiger partial charge in [0.15, 0.2) is 17.5 Å². The molecule has 0 atom stereocenters. The van der Waals surface area contributed by atoms with Crippen LogP contribution in [0.25, 0.3) is 0 Å². The summed E-state index contributed by atoms with van der Waals surface area (Å²) < 4.78 is 16.8. The maximum absolute atomic E-state index is 12.3. The van der Waals surface area contributed by atoms with Gasteiger partial charge in [-0.05, 0) is 56.7 Å². The highest BCUT2D eigenvalue weighted by atomic mass is 16.7. The fourth-order valence-electron chi connectivity index (χ4n) is 3.86. The molecule has 1 saturated heterocycles. The van der Waals surface area contributed by atoms with Crippen LogP contribution in [0.2, 0.25) is 0 Å². The number of hydrogen-bond acceptors (Lipinski definition) is 5. The van der Waals surface area contributed by atoms with Gasteiger partial charge in [0, 0.05) is 18.7 Å². The van der Waals surface area contributed by atoms with E-state index in [0.29, 0.717) is 36.3 Å². The van der Waals surface area contributed by atoms with E-state index in [0.717, 1.165) is 57.9 Å². The number of carbonyl (C=O) groups excluding carboxylic acids is 1. The third kappa shape index (κ3) is 6.26. The van der Waals surface area contributed by atoms with E-state index in [1.54, 1.807) is 18.2 Å². The molecule has 2 aliphatic heterocycles. The summed E-state index contributed by atoms with van der Waals surface area (Å²) in [5.41, 5.74) is 0.174. The van der Waals surface area contributed by atoms with Gasteiger partial charge in [-0.3, -0.25) is 10.2 Å². The van der Waals surface area contributed by atoms with Crippen LogP contribution in [-0.2, 0) is 4.74 Å². The monoisotopic (exact) mass is 432 g/mol. The lowest BCUT2D eigenvalue weighted by atomic mass is 9.98. The molecule has 0 saturated carbocycles. The molecule has 0 radical (unpaired) electrons. The van der Waals surface area contributed by atoms with Crippen molar-refractivity contribution in [3.05, 3.63) is 23.8 Å². The fraction of sp³-hybridized carbons (Fsp3) is 0.652. The molecule has 0 unspecified atom stereocenters. The summed E-state index contributed by atoms with van der Waals surface area (Å²) in [4.78, 5) is 14.2. The van der Waals surface area contributed by atoms with E-state index < -0.39 is 5.72 Å². The quantitative estimate of drug-likeness (QED) is 0.435. The largest absolute Gasteiger partial charge is 0.454 e. The Morgan fingerprint density at radius 2 is 1.87 bits per heavy atom. The average molecular weight is 433 g/mol. The smallest absolute Gasteiger partial charge is 0.251 e. The van der Waals surface area contributed by atoms with Gasteiger partial charge in [0.2, 0.25) is 6.79 Å². The average Bonchev–Trinajstić information content (AvgIpc) is 3.25. The molecular formula is C23H36N4O4. The lowest BCUT2D eigenvalue weighted by Gasteiger charge is -2.44. The molecule has 0 spiro atoms. The molecule has 3 rings (SSSR count). The van der Waals surface area contributed by atoms with E-state index in [2.05, 4.69) is 24.5 Å². The Hall–Kier alpha value is -2.48. The Bertz CT molecular complexity index is 747. The minimum atomic E-state index is -0.391. The van der Waals surface area contributed by atoms with Crippen molar-refractivity contribution in [1.29, 1.82) is 5.41 Å². The predicted octanol–water partition coefficient (Wildman–Crippen LogP) is 3.82. The molecule has 0 aromatic heterocycles. The first-order valence-electron chi connectivity index (χ1n) is 11.5. The van der Waals surface area contributed by atoms with Crippen LogP contribution >= 0.6 is 0 Å². The molecule has 8 heteroatoms. The van der Waals surface area contributed by atoms with E-state index in [9.17, 15) is 4.79 Å². The number of ether oxygens (including phenoxy) is 3. The molecule has 1 amide bonds. The third-order valence-corrected chi connectivity index (χ3v) is 5.80. The zero-order valence-corrected chi connectivity index (χ0v) is 18.8. The lowest BCUT2D eigenvalue weighted by Crippen LogP contribution is -2.61. The molecule has 8 nitrogen and oxygen atoms in total. The number of nitrogens with one attached hydrogen (secondary N) is 3. The van der Waals surface area contributed by atoms with Crippen LogP contribution in [0, 0.1) is 5.41 Å². The summed E-state index contributed by atoms with van der Waals surface area (Å²) in [6.45, 7) is 6.31. The van der Waals surface area contributed by atoms with Crippen LogP contribution in [0.1, 0.15) is 75.6 Å². The number of amides is 1. The number of nitrogens with zero attached hydrogens (tertiary/aromatic N) is 1. The zero-order chi connectivity index (χ0) is 22.1. The Balaban J connectivity index is 1.37. The molecule has 2 heterocycles. The molecule has 31 heavy (non-hydrogen) atoms. The predicted molar refractivity (Wildman–Crippen MR) is 119 cm³/mol. The van der Waals surface area contributed by atoms with Gasteiger partial charge in [0.1, 0.15) is 12.5 Å². The van der Waals surface area contributed by atoms with Crippen molar-refractivity contribution in [2.24, 2.45) is 0 Å². The first-order chi connectivity index (χ1) is 15.1. The van der Waals surface area contributed by atoms with Crippen LogP contribution in [0.3, 0.4) is 0 Å². The molecule has 172 valence electrons. The molecule has 1 aromatic rings. The van der Waals surface area contributed by atoms with Crippen LogP contribution in [0.15, 0.2) is 18.2 Å². The molecule has 0 bridgehead atoms. The summed E-state index contributed by atoms with van der Waals surface area (Å²) >= 11 is 0. The van der Waals surface area contributed by atoms with Gasteiger partial charge in [-0.25, -0.2) is 0 Å². The van der Waals surface area contributed by atoms with Crippen LogP contribution < -0.4 is 20.1 Å². The summed E-state index contributed by atoms with van der Waals surface area (Å²) in [5, 5.41) is 14.7.